The molecule has 2 aromatic carbocycles. The molecule has 2 aromatic rings. The predicted molar refractivity (Wildman–Crippen MR) is 114 cm³/mol. The lowest BCUT2D eigenvalue weighted by Gasteiger charge is -2.26. The summed E-state index contributed by atoms with van der Waals surface area (Å²) in [5.41, 5.74) is 0.974. The number of amides is 2. The molecule has 1 aliphatic rings. The molecule has 29 heavy (non-hydrogen) atoms. The average molecular weight is 415 g/mol. The van der Waals surface area contributed by atoms with E-state index in [4.69, 9.17) is 9.47 Å². The van der Waals surface area contributed by atoms with Crippen molar-refractivity contribution in [1.29, 1.82) is 0 Å². The molecular weight excluding hydrogens is 388 g/mol. The van der Waals surface area contributed by atoms with Crippen LogP contribution in [0.3, 0.4) is 0 Å². The number of thiol groups is 1. The maximum Gasteiger partial charge on any atom is 0.407 e. The molecule has 3 rings (SSSR count). The van der Waals surface area contributed by atoms with Crippen molar-refractivity contribution in [2.75, 3.05) is 13.2 Å². The zero-order chi connectivity index (χ0) is 20.6. The van der Waals surface area contributed by atoms with Crippen molar-refractivity contribution in [3.63, 3.8) is 0 Å². The molecule has 1 aliphatic heterocycles. The molecule has 154 valence electrons. The molecule has 7 heteroatoms. The number of rotatable bonds is 8. The summed E-state index contributed by atoms with van der Waals surface area (Å²) in [7, 11) is 0. The lowest BCUT2D eigenvalue weighted by atomic mass is 10.2. The predicted octanol–water partition coefficient (Wildman–Crippen LogP) is 4.01. The molecule has 0 saturated carbocycles. The molecule has 0 bridgehead atoms. The fraction of sp³-hybridized carbons (Fsp3) is 0.364. The Morgan fingerprint density at radius 1 is 1.14 bits per heavy atom. The van der Waals surface area contributed by atoms with Gasteiger partial charge in [-0.05, 0) is 36.2 Å². The van der Waals surface area contributed by atoms with Crippen molar-refractivity contribution in [2.45, 2.75) is 37.6 Å². The zero-order valence-electron chi connectivity index (χ0n) is 16.4. The van der Waals surface area contributed by atoms with Crippen LogP contribution in [0.5, 0.6) is 11.5 Å². The first kappa shape index (κ1) is 21.0. The van der Waals surface area contributed by atoms with Gasteiger partial charge in [0.05, 0.1) is 6.04 Å². The normalized spacial score (nSPS) is 18.6. The molecule has 1 fully saturated rings. The summed E-state index contributed by atoms with van der Waals surface area (Å²) < 4.78 is 11.1. The molecule has 0 aliphatic carbocycles. The van der Waals surface area contributed by atoms with Gasteiger partial charge in [0.2, 0.25) is 5.91 Å². The van der Waals surface area contributed by atoms with Gasteiger partial charge in [0.25, 0.3) is 0 Å². The summed E-state index contributed by atoms with van der Waals surface area (Å²) in [4.78, 5) is 25.9. The van der Waals surface area contributed by atoms with Crippen molar-refractivity contribution in [3.8, 4) is 11.5 Å². The summed E-state index contributed by atoms with van der Waals surface area (Å²) in [5, 5.41) is 2.50. The second-order valence-electron chi connectivity index (χ2n) is 6.94. The van der Waals surface area contributed by atoms with Crippen LogP contribution in [0.15, 0.2) is 54.6 Å². The van der Waals surface area contributed by atoms with E-state index in [1.165, 1.54) is 0 Å². The molecule has 0 unspecified atom stereocenters. The Balaban J connectivity index is 1.59. The number of para-hydroxylation sites is 1. The molecule has 1 heterocycles. The molecule has 1 N–H and O–H groups in total. The number of hydrogen-bond donors (Lipinski definition) is 2. The SMILES string of the molecule is CCCNC(=O)OC[C@H]1[C@H](S)CC(=O)N1Cc1ccc(Oc2ccccc2)cc1. The summed E-state index contributed by atoms with van der Waals surface area (Å²) in [5.74, 6) is 1.51. The number of likely N-dealkylation sites (tertiary alicyclic amines) is 1. The zero-order valence-corrected chi connectivity index (χ0v) is 17.3. The molecule has 1 saturated heterocycles. The van der Waals surface area contributed by atoms with Gasteiger partial charge in [-0.3, -0.25) is 4.79 Å². The maximum absolute atomic E-state index is 12.4. The Labute approximate surface area is 176 Å². The van der Waals surface area contributed by atoms with Gasteiger partial charge >= 0.3 is 6.09 Å². The summed E-state index contributed by atoms with van der Waals surface area (Å²) in [6.07, 6.45) is 0.708. The van der Waals surface area contributed by atoms with Gasteiger partial charge in [0, 0.05) is 24.8 Å². The number of carbonyl (C=O) groups is 2. The van der Waals surface area contributed by atoms with Gasteiger partial charge in [-0.2, -0.15) is 12.6 Å². The van der Waals surface area contributed by atoms with E-state index in [2.05, 4.69) is 17.9 Å². The topological polar surface area (TPSA) is 67.9 Å². The quantitative estimate of drug-likeness (QED) is 0.641. The second kappa shape index (κ2) is 10.2. The van der Waals surface area contributed by atoms with Crippen molar-refractivity contribution in [3.05, 3.63) is 60.2 Å². The molecule has 0 aromatic heterocycles. The number of nitrogens with one attached hydrogen (secondary N) is 1. The van der Waals surface area contributed by atoms with E-state index in [-0.39, 0.29) is 23.8 Å². The van der Waals surface area contributed by atoms with E-state index in [1.54, 1.807) is 4.90 Å². The third-order valence-electron chi connectivity index (χ3n) is 4.71. The smallest absolute Gasteiger partial charge is 0.407 e. The highest BCUT2D eigenvalue weighted by molar-refractivity contribution is 7.81. The minimum Gasteiger partial charge on any atom is -0.457 e. The monoisotopic (exact) mass is 414 g/mol. The molecule has 2 atom stereocenters. The largest absolute Gasteiger partial charge is 0.457 e. The molecule has 0 spiro atoms. The van der Waals surface area contributed by atoms with E-state index in [0.29, 0.717) is 19.5 Å². The van der Waals surface area contributed by atoms with Crippen molar-refractivity contribution in [2.24, 2.45) is 0 Å². The fourth-order valence-electron chi connectivity index (χ4n) is 3.15. The minimum atomic E-state index is -0.464. The van der Waals surface area contributed by atoms with Crippen LogP contribution in [-0.2, 0) is 16.1 Å². The second-order valence-corrected chi connectivity index (χ2v) is 7.61. The van der Waals surface area contributed by atoms with Crippen LogP contribution in [0.4, 0.5) is 4.79 Å². The standard InChI is InChI=1S/C22H26N2O4S/c1-2-12-23-22(26)27-15-19-20(29)13-21(25)24(19)14-16-8-10-18(11-9-16)28-17-6-4-3-5-7-17/h3-11,19-20,29H,2,12-15H2,1H3,(H,23,26)/t19-,20+/m0/s1. The Kier molecular flexibility index (Phi) is 7.41. The number of carbonyl (C=O) groups excluding carboxylic acids is 2. The van der Waals surface area contributed by atoms with Crippen LogP contribution in [0.1, 0.15) is 25.3 Å². The number of alkyl carbamates (subject to hydrolysis) is 1. The maximum atomic E-state index is 12.4. The lowest BCUT2D eigenvalue weighted by molar-refractivity contribution is -0.130. The van der Waals surface area contributed by atoms with Gasteiger partial charge in [-0.25, -0.2) is 4.79 Å². The molecule has 0 radical (unpaired) electrons. The fourth-order valence-corrected chi connectivity index (χ4v) is 3.56. The van der Waals surface area contributed by atoms with Crippen LogP contribution in [-0.4, -0.2) is 41.3 Å². The van der Waals surface area contributed by atoms with E-state index < -0.39 is 6.09 Å². The Morgan fingerprint density at radius 2 is 1.83 bits per heavy atom. The van der Waals surface area contributed by atoms with Crippen LogP contribution >= 0.6 is 12.6 Å². The van der Waals surface area contributed by atoms with Gasteiger partial charge in [0.15, 0.2) is 0 Å². The Hall–Kier alpha value is -2.67. The number of hydrogen-bond acceptors (Lipinski definition) is 5. The minimum absolute atomic E-state index is 0.0113. The van der Waals surface area contributed by atoms with Crippen molar-refractivity contribution in [1.82, 2.24) is 10.2 Å². The Bertz CT molecular complexity index is 813. The van der Waals surface area contributed by atoms with Crippen LogP contribution in [0, 0.1) is 0 Å². The highest BCUT2D eigenvalue weighted by Crippen LogP contribution is 2.27. The van der Waals surface area contributed by atoms with E-state index >= 15 is 0 Å². The highest BCUT2D eigenvalue weighted by atomic mass is 32.1. The van der Waals surface area contributed by atoms with Gasteiger partial charge in [-0.1, -0.05) is 37.3 Å². The number of ether oxygens (including phenoxy) is 2. The summed E-state index contributed by atoms with van der Waals surface area (Å²) in [6, 6.07) is 16.9. The molecule has 6 nitrogen and oxygen atoms in total. The third kappa shape index (κ3) is 5.90. The lowest BCUT2D eigenvalue weighted by Crippen LogP contribution is -2.40. The number of benzene rings is 2. The van der Waals surface area contributed by atoms with E-state index in [9.17, 15) is 9.59 Å². The first-order chi connectivity index (χ1) is 14.1. The highest BCUT2D eigenvalue weighted by Gasteiger charge is 2.38. The molecule has 2 amide bonds. The molecular formula is C22H26N2O4S. The number of nitrogens with zero attached hydrogens (tertiary/aromatic N) is 1. The van der Waals surface area contributed by atoms with Crippen molar-refractivity contribution < 1.29 is 19.1 Å². The Morgan fingerprint density at radius 3 is 2.52 bits per heavy atom. The first-order valence-electron chi connectivity index (χ1n) is 9.77. The van der Waals surface area contributed by atoms with Gasteiger partial charge < -0.3 is 19.7 Å². The third-order valence-corrected chi connectivity index (χ3v) is 5.24. The van der Waals surface area contributed by atoms with Gasteiger partial charge in [-0.15, -0.1) is 0 Å². The summed E-state index contributed by atoms with van der Waals surface area (Å²) >= 11 is 4.52. The van der Waals surface area contributed by atoms with E-state index in [1.807, 2.05) is 61.5 Å². The van der Waals surface area contributed by atoms with E-state index in [0.717, 1.165) is 23.5 Å². The summed E-state index contributed by atoms with van der Waals surface area (Å²) in [6.45, 7) is 3.10. The average Bonchev–Trinajstić information content (AvgIpc) is 2.99. The first-order valence-corrected chi connectivity index (χ1v) is 10.3. The van der Waals surface area contributed by atoms with Crippen LogP contribution < -0.4 is 10.1 Å². The van der Waals surface area contributed by atoms with Gasteiger partial charge in [0.1, 0.15) is 18.1 Å². The van der Waals surface area contributed by atoms with Crippen molar-refractivity contribution >= 4 is 24.6 Å². The van der Waals surface area contributed by atoms with Crippen LogP contribution in [0.25, 0.3) is 0 Å². The van der Waals surface area contributed by atoms with Crippen LogP contribution in [0.2, 0.25) is 0 Å².